The quantitative estimate of drug-likeness (QED) is 0.577. The summed E-state index contributed by atoms with van der Waals surface area (Å²) < 4.78 is 7.39. The Morgan fingerprint density at radius 1 is 1.06 bits per heavy atom. The number of nitrogens with zero attached hydrogens (tertiary/aromatic N) is 3. The molecular formula is C23H27N5O2S. The summed E-state index contributed by atoms with van der Waals surface area (Å²) in [6.45, 7) is 6.72. The minimum atomic E-state index is -0.402. The highest BCUT2D eigenvalue weighted by Gasteiger charge is 2.37. The van der Waals surface area contributed by atoms with Crippen molar-refractivity contribution in [1.82, 2.24) is 14.9 Å². The van der Waals surface area contributed by atoms with Gasteiger partial charge in [-0.3, -0.25) is 4.79 Å². The number of carbonyl (C=O) groups is 1. The predicted molar refractivity (Wildman–Crippen MR) is 123 cm³/mol. The van der Waals surface area contributed by atoms with Gasteiger partial charge < -0.3 is 15.5 Å². The highest BCUT2D eigenvalue weighted by molar-refractivity contribution is 8.00. The molecule has 0 saturated heterocycles. The van der Waals surface area contributed by atoms with E-state index in [2.05, 4.69) is 52.1 Å². The lowest BCUT2D eigenvalue weighted by atomic mass is 10.0. The number of rotatable bonds is 7. The molecule has 1 aromatic heterocycles. The van der Waals surface area contributed by atoms with Crippen LogP contribution in [0.15, 0.2) is 53.7 Å². The van der Waals surface area contributed by atoms with Crippen molar-refractivity contribution in [3.8, 4) is 5.75 Å². The number of hydrogen-bond acceptors (Lipinski definition) is 6. The average Bonchev–Trinajstić information content (AvgIpc) is 3.22. The highest BCUT2D eigenvalue weighted by atomic mass is 32.2. The zero-order chi connectivity index (χ0) is 21.8. The highest BCUT2D eigenvalue weighted by Crippen LogP contribution is 2.37. The summed E-state index contributed by atoms with van der Waals surface area (Å²) in [6, 6.07) is 15.6. The number of ether oxygens (including phenoxy) is 1. The number of aromatic nitrogens is 3. The lowest BCUT2D eigenvalue weighted by Crippen LogP contribution is -2.41. The van der Waals surface area contributed by atoms with E-state index in [1.807, 2.05) is 42.8 Å². The molecule has 4 rings (SSSR count). The Bertz CT molecular complexity index is 1030. The molecule has 1 aliphatic rings. The number of anilines is 1. The maximum absolute atomic E-state index is 13.3. The second kappa shape index (κ2) is 9.43. The minimum Gasteiger partial charge on any atom is -0.494 e. The van der Waals surface area contributed by atoms with Crippen molar-refractivity contribution in [2.75, 3.05) is 17.3 Å². The van der Waals surface area contributed by atoms with Gasteiger partial charge in [0.05, 0.1) is 12.6 Å². The van der Waals surface area contributed by atoms with E-state index in [4.69, 9.17) is 4.74 Å². The fourth-order valence-electron chi connectivity index (χ4n) is 3.55. The summed E-state index contributed by atoms with van der Waals surface area (Å²) in [7, 11) is 0. The Hall–Kier alpha value is -3.00. The molecule has 3 aromatic rings. The maximum Gasteiger partial charge on any atom is 0.240 e. The van der Waals surface area contributed by atoms with Crippen LogP contribution in [-0.2, 0) is 17.6 Å². The zero-order valence-electron chi connectivity index (χ0n) is 18.0. The van der Waals surface area contributed by atoms with E-state index in [1.54, 1.807) is 0 Å². The number of fused-ring (bicyclic) bond motifs is 1. The van der Waals surface area contributed by atoms with Gasteiger partial charge in [0.2, 0.25) is 11.1 Å². The van der Waals surface area contributed by atoms with Gasteiger partial charge in [-0.1, -0.05) is 49.9 Å². The summed E-state index contributed by atoms with van der Waals surface area (Å²) >= 11 is 1.43. The van der Waals surface area contributed by atoms with Crippen molar-refractivity contribution in [2.24, 2.45) is 0 Å². The maximum atomic E-state index is 13.3. The fraction of sp³-hybridized carbons (Fsp3) is 0.348. The number of aryl methyl sites for hydroxylation is 2. The molecule has 0 aliphatic carbocycles. The van der Waals surface area contributed by atoms with E-state index in [0.717, 1.165) is 35.7 Å². The molecule has 2 atom stereocenters. The molecule has 0 fully saturated rings. The first kappa shape index (κ1) is 21.2. The van der Waals surface area contributed by atoms with E-state index < -0.39 is 5.25 Å². The minimum absolute atomic E-state index is 0.0847. The topological polar surface area (TPSA) is 81.1 Å². The largest absolute Gasteiger partial charge is 0.494 e. The number of hydrogen-bond donors (Lipinski definition) is 2. The third-order valence-electron chi connectivity index (χ3n) is 5.26. The summed E-state index contributed by atoms with van der Waals surface area (Å²) in [6.07, 6.45) is 1.73. The second-order valence-electron chi connectivity index (χ2n) is 7.27. The number of benzene rings is 2. The van der Waals surface area contributed by atoms with Crippen LogP contribution < -0.4 is 15.5 Å². The van der Waals surface area contributed by atoms with Crippen LogP contribution >= 0.6 is 11.8 Å². The van der Waals surface area contributed by atoms with E-state index in [0.29, 0.717) is 11.8 Å². The van der Waals surface area contributed by atoms with Gasteiger partial charge in [-0.15, -0.1) is 10.2 Å². The molecule has 0 bridgehead atoms. The van der Waals surface area contributed by atoms with Crippen molar-refractivity contribution in [1.29, 1.82) is 0 Å². The molecule has 7 nitrogen and oxygen atoms in total. The number of nitrogens with one attached hydrogen (secondary N) is 2. The first-order valence-corrected chi connectivity index (χ1v) is 11.5. The molecule has 0 spiro atoms. The van der Waals surface area contributed by atoms with Gasteiger partial charge in [0.15, 0.2) is 5.82 Å². The van der Waals surface area contributed by atoms with Crippen LogP contribution in [0.4, 0.5) is 5.69 Å². The predicted octanol–water partition coefficient (Wildman–Crippen LogP) is 4.20. The molecule has 0 unspecified atom stereocenters. The molecule has 1 aliphatic heterocycles. The molecule has 0 saturated carbocycles. The van der Waals surface area contributed by atoms with E-state index >= 15 is 0 Å². The van der Waals surface area contributed by atoms with Gasteiger partial charge in [-0.05, 0) is 48.7 Å². The van der Waals surface area contributed by atoms with Gasteiger partial charge in [0.1, 0.15) is 11.0 Å². The van der Waals surface area contributed by atoms with E-state index in [-0.39, 0.29) is 11.9 Å². The molecule has 2 heterocycles. The third kappa shape index (κ3) is 4.54. The molecule has 162 valence electrons. The monoisotopic (exact) mass is 437 g/mol. The van der Waals surface area contributed by atoms with Crippen LogP contribution in [-0.4, -0.2) is 32.6 Å². The molecule has 0 radical (unpaired) electrons. The molecule has 8 heteroatoms. The van der Waals surface area contributed by atoms with Crippen LogP contribution in [0.25, 0.3) is 0 Å². The second-order valence-corrected chi connectivity index (χ2v) is 8.38. The van der Waals surface area contributed by atoms with E-state index in [1.165, 1.54) is 17.3 Å². The van der Waals surface area contributed by atoms with Crippen molar-refractivity contribution >= 4 is 23.4 Å². The van der Waals surface area contributed by atoms with Crippen LogP contribution in [0, 0.1) is 0 Å². The standard InChI is InChI=1S/C23H27N5O2S/c1-4-15-7-9-16(10-8-15)20-21(31-23-26-25-19(5-2)28(23)27-20)22(29)24-17-11-13-18(14-12-17)30-6-3/h7-14,20-21,27H,4-6H2,1-3H3,(H,24,29)/t20-,21+/m0/s1. The Labute approximate surface area is 186 Å². The van der Waals surface area contributed by atoms with Crippen molar-refractivity contribution in [2.45, 2.75) is 50.1 Å². The first-order chi connectivity index (χ1) is 15.1. The normalized spacial score (nSPS) is 17.5. The lowest BCUT2D eigenvalue weighted by molar-refractivity contribution is -0.116. The molecule has 1 amide bonds. The van der Waals surface area contributed by atoms with E-state index in [9.17, 15) is 4.79 Å². The van der Waals surface area contributed by atoms with Gasteiger partial charge in [0.25, 0.3) is 0 Å². The number of thioether (sulfide) groups is 1. The summed E-state index contributed by atoms with van der Waals surface area (Å²) in [5.74, 6) is 1.55. The SMILES string of the molecule is CCOc1ccc(NC(=O)[C@@H]2Sc3nnc(CC)n3N[C@H]2c2ccc(CC)cc2)cc1. The Kier molecular flexibility index (Phi) is 6.46. The Morgan fingerprint density at radius 2 is 1.81 bits per heavy atom. The Morgan fingerprint density at radius 3 is 2.45 bits per heavy atom. The van der Waals surface area contributed by atoms with Crippen molar-refractivity contribution < 1.29 is 9.53 Å². The lowest BCUT2D eigenvalue weighted by Gasteiger charge is -2.33. The summed E-state index contributed by atoms with van der Waals surface area (Å²) in [5.41, 5.74) is 6.53. The molecule has 31 heavy (non-hydrogen) atoms. The van der Waals surface area contributed by atoms with Crippen LogP contribution in [0.2, 0.25) is 0 Å². The van der Waals surface area contributed by atoms with Crippen molar-refractivity contribution in [3.05, 3.63) is 65.5 Å². The Balaban J connectivity index is 1.60. The number of amides is 1. The van der Waals surface area contributed by atoms with Gasteiger partial charge in [0, 0.05) is 12.1 Å². The number of carbonyl (C=O) groups excluding carboxylic acids is 1. The molecule has 2 N–H and O–H groups in total. The van der Waals surface area contributed by atoms with Crippen LogP contribution in [0.3, 0.4) is 0 Å². The van der Waals surface area contributed by atoms with Crippen molar-refractivity contribution in [3.63, 3.8) is 0 Å². The average molecular weight is 438 g/mol. The first-order valence-electron chi connectivity index (χ1n) is 10.6. The van der Waals surface area contributed by atoms with Gasteiger partial charge >= 0.3 is 0 Å². The summed E-state index contributed by atoms with van der Waals surface area (Å²) in [5, 5.41) is 11.9. The zero-order valence-corrected chi connectivity index (χ0v) is 18.8. The van der Waals surface area contributed by atoms with Gasteiger partial charge in [-0.2, -0.15) is 0 Å². The fourth-order valence-corrected chi connectivity index (χ4v) is 4.65. The molecular weight excluding hydrogens is 410 g/mol. The van der Waals surface area contributed by atoms with Gasteiger partial charge in [-0.25, -0.2) is 4.68 Å². The molecule has 2 aromatic carbocycles. The third-order valence-corrected chi connectivity index (χ3v) is 6.47. The van der Waals surface area contributed by atoms with Crippen LogP contribution in [0.5, 0.6) is 5.75 Å². The summed E-state index contributed by atoms with van der Waals surface area (Å²) in [4.78, 5) is 13.3. The van der Waals surface area contributed by atoms with Crippen LogP contribution in [0.1, 0.15) is 43.8 Å². The smallest absolute Gasteiger partial charge is 0.240 e.